The normalized spacial score (nSPS) is 11.9. The molecule has 6 heteroatoms. The number of fused-ring (bicyclic) bond motifs is 11. The summed E-state index contributed by atoms with van der Waals surface area (Å²) in [5.41, 5.74) is 8.22. The molecule has 4 aromatic carbocycles. The summed E-state index contributed by atoms with van der Waals surface area (Å²) in [6.07, 6.45) is 11.1. The van der Waals surface area contributed by atoms with Crippen LogP contribution >= 0.6 is 0 Å². The Balaban J connectivity index is 0.000000203. The highest BCUT2D eigenvalue weighted by Crippen LogP contribution is 2.40. The van der Waals surface area contributed by atoms with Crippen molar-refractivity contribution in [3.63, 3.8) is 0 Å². The molecule has 0 radical (unpaired) electrons. The summed E-state index contributed by atoms with van der Waals surface area (Å²) < 4.78 is 1.42. The highest BCUT2D eigenvalue weighted by molar-refractivity contribution is 6.34. The van der Waals surface area contributed by atoms with E-state index in [-0.39, 0.29) is 4.70 Å². The van der Waals surface area contributed by atoms with Gasteiger partial charge in [0.25, 0.3) is 0 Å². The van der Waals surface area contributed by atoms with Crippen LogP contribution < -0.4 is 4.70 Å². The van der Waals surface area contributed by atoms with Crippen LogP contribution in [0.4, 0.5) is 0 Å². The molecule has 7 rings (SSSR count). The van der Waals surface area contributed by atoms with E-state index in [0.717, 1.165) is 65.7 Å². The van der Waals surface area contributed by atoms with E-state index in [1.807, 2.05) is 12.1 Å². The molecule has 242 valence electrons. The molecule has 46 heavy (non-hydrogen) atoms. The van der Waals surface area contributed by atoms with Crippen LogP contribution in [0, 0.1) is 0 Å². The summed E-state index contributed by atoms with van der Waals surface area (Å²) in [7, 11) is 0. The zero-order chi connectivity index (χ0) is 31.2. The third-order valence-electron chi connectivity index (χ3n) is 9.65. The van der Waals surface area contributed by atoms with Crippen LogP contribution in [0.3, 0.4) is 0 Å². The summed E-state index contributed by atoms with van der Waals surface area (Å²) in [6.45, 7) is 15.0. The molecule has 2 N–H and O–H groups in total. The molecule has 0 atom stereocenters. The molecular formula is C40H50FN5. The van der Waals surface area contributed by atoms with Crippen LogP contribution in [0.15, 0.2) is 72.8 Å². The van der Waals surface area contributed by atoms with E-state index in [2.05, 4.69) is 98.3 Å². The first kappa shape index (κ1) is 33.3. The van der Waals surface area contributed by atoms with E-state index in [1.165, 1.54) is 82.0 Å². The van der Waals surface area contributed by atoms with Crippen molar-refractivity contribution in [1.82, 2.24) is 19.9 Å². The fraction of sp³-hybridized carbons (Fsp3) is 0.400. The zero-order valence-corrected chi connectivity index (χ0v) is 28.1. The number of nitrogens with zero attached hydrogens (tertiary/aromatic N) is 3. The van der Waals surface area contributed by atoms with Crippen molar-refractivity contribution in [3.05, 3.63) is 72.8 Å². The van der Waals surface area contributed by atoms with Crippen LogP contribution in [-0.2, 0) is 0 Å². The summed E-state index contributed by atoms with van der Waals surface area (Å²) >= 11 is 0. The number of benzene rings is 4. The molecular weight excluding hydrogens is 569 g/mol. The number of hydrogen-bond donors (Lipinski definition) is 2. The number of rotatable bonds is 12. The number of unbranched alkanes of at least 4 members (excludes halogenated alkanes) is 4. The van der Waals surface area contributed by atoms with Gasteiger partial charge < -0.3 is 19.2 Å². The summed E-state index contributed by atoms with van der Waals surface area (Å²) in [5, 5.41) is 4.55. The number of halogens is 1. The Kier molecular flexibility index (Phi) is 10.9. The molecule has 3 aromatic heterocycles. The van der Waals surface area contributed by atoms with Crippen molar-refractivity contribution in [2.24, 2.45) is 0 Å². The van der Waals surface area contributed by atoms with E-state index in [0.29, 0.717) is 0 Å². The predicted octanol–water partition coefficient (Wildman–Crippen LogP) is 8.06. The Morgan fingerprint density at radius 3 is 1.22 bits per heavy atom. The fourth-order valence-electron chi connectivity index (χ4n) is 7.14. The second-order valence-electron chi connectivity index (χ2n) is 12.9. The summed E-state index contributed by atoms with van der Waals surface area (Å²) in [6, 6.07) is 24.9. The second kappa shape index (κ2) is 15.0. The van der Waals surface area contributed by atoms with Gasteiger partial charge in [-0.1, -0.05) is 102 Å². The number of H-pyrrole nitrogens is 2. The van der Waals surface area contributed by atoms with Gasteiger partial charge in [0.05, 0.1) is 59.3 Å². The van der Waals surface area contributed by atoms with Crippen LogP contribution in [0.2, 0.25) is 0 Å². The minimum Gasteiger partial charge on any atom is -1.00 e. The SMILES string of the molecule is CCCC[N+](CCCC)(CCCC)CCCC.[F-].c1ccc2c(c1)nc1c3nc4ccccc4c3c3[nH]c4ccccc4[nH]c3c21. The molecule has 0 saturated carbocycles. The van der Waals surface area contributed by atoms with Crippen molar-refractivity contribution < 1.29 is 9.19 Å². The van der Waals surface area contributed by atoms with Crippen LogP contribution in [0.5, 0.6) is 0 Å². The Morgan fingerprint density at radius 1 is 0.500 bits per heavy atom. The molecule has 5 nitrogen and oxygen atoms in total. The first-order valence-electron chi connectivity index (χ1n) is 17.5. The summed E-state index contributed by atoms with van der Waals surface area (Å²) in [4.78, 5) is 17.3. The monoisotopic (exact) mass is 619 g/mol. The van der Waals surface area contributed by atoms with Gasteiger partial charge in [0.15, 0.2) is 0 Å². The number of quaternary nitrogens is 1. The van der Waals surface area contributed by atoms with Gasteiger partial charge in [-0.05, 0) is 49.9 Å². The Morgan fingerprint density at radius 2 is 0.848 bits per heavy atom. The Hall–Kier alpha value is -4.03. The zero-order valence-electron chi connectivity index (χ0n) is 28.1. The van der Waals surface area contributed by atoms with Crippen molar-refractivity contribution in [2.75, 3.05) is 26.2 Å². The standard InChI is InChI=1S/C24H14N4.C16H36N.FH/c1-3-9-15-13(7-1)19-21(25-15)22-20(14-8-2-4-10-16(14)26-22)24-23(19)27-17-11-5-6-12-18(17)28-24;1-5-9-13-17(14-10-6-2,15-11-7-3)16-12-8-4;/h1-12,27-28H;5-16H2,1-4H3;1H/q;+1;/p-1. The van der Waals surface area contributed by atoms with Gasteiger partial charge in [-0.3, -0.25) is 0 Å². The number of para-hydroxylation sites is 4. The highest BCUT2D eigenvalue weighted by atomic mass is 19.0. The maximum absolute atomic E-state index is 4.97. The smallest absolute Gasteiger partial charge is 0.100 e. The second-order valence-corrected chi connectivity index (χ2v) is 12.9. The lowest BCUT2D eigenvalue weighted by Gasteiger charge is -2.39. The predicted molar refractivity (Wildman–Crippen MR) is 195 cm³/mol. The highest BCUT2D eigenvalue weighted by Gasteiger charge is 2.25. The van der Waals surface area contributed by atoms with Gasteiger partial charge in [-0.25, -0.2) is 9.97 Å². The molecule has 0 aliphatic carbocycles. The number of aromatic amines is 2. The van der Waals surface area contributed by atoms with Crippen molar-refractivity contribution in [2.45, 2.75) is 79.1 Å². The minimum absolute atomic E-state index is 0. The minimum atomic E-state index is 0. The van der Waals surface area contributed by atoms with Gasteiger partial charge in [-0.2, -0.15) is 0 Å². The number of hydrogen-bond acceptors (Lipinski definition) is 2. The molecule has 0 aliphatic rings. The van der Waals surface area contributed by atoms with Gasteiger partial charge in [0, 0.05) is 21.5 Å². The van der Waals surface area contributed by atoms with Gasteiger partial charge in [-0.15, -0.1) is 0 Å². The quantitative estimate of drug-likeness (QED) is 0.107. The lowest BCUT2D eigenvalue weighted by atomic mass is 10.0. The molecule has 7 aromatic rings. The third-order valence-corrected chi connectivity index (χ3v) is 9.65. The first-order chi connectivity index (χ1) is 22.1. The van der Waals surface area contributed by atoms with E-state index in [9.17, 15) is 0 Å². The Labute approximate surface area is 272 Å². The third kappa shape index (κ3) is 6.46. The van der Waals surface area contributed by atoms with Crippen molar-refractivity contribution in [3.8, 4) is 0 Å². The maximum atomic E-state index is 4.97. The topological polar surface area (TPSA) is 57.4 Å². The van der Waals surface area contributed by atoms with E-state index >= 15 is 0 Å². The summed E-state index contributed by atoms with van der Waals surface area (Å²) in [5.74, 6) is 0. The molecule has 0 fully saturated rings. The van der Waals surface area contributed by atoms with Crippen molar-refractivity contribution >= 4 is 65.7 Å². The molecule has 0 amide bonds. The molecule has 3 heterocycles. The van der Waals surface area contributed by atoms with E-state index in [1.54, 1.807) is 0 Å². The maximum Gasteiger partial charge on any atom is 0.100 e. The lowest BCUT2D eigenvalue weighted by molar-refractivity contribution is -0.929. The average Bonchev–Trinajstić information content (AvgIpc) is 3.67. The van der Waals surface area contributed by atoms with Gasteiger partial charge in [0.1, 0.15) is 11.0 Å². The van der Waals surface area contributed by atoms with E-state index < -0.39 is 0 Å². The number of nitrogens with one attached hydrogen (secondary N) is 2. The molecule has 0 aliphatic heterocycles. The number of aromatic nitrogens is 4. The largest absolute Gasteiger partial charge is 1.00 e. The molecule has 0 bridgehead atoms. The van der Waals surface area contributed by atoms with Crippen LogP contribution in [0.25, 0.3) is 65.7 Å². The molecule has 0 saturated heterocycles. The molecule has 0 unspecified atom stereocenters. The van der Waals surface area contributed by atoms with Crippen molar-refractivity contribution in [1.29, 1.82) is 0 Å². The van der Waals surface area contributed by atoms with Crippen LogP contribution in [-0.4, -0.2) is 50.6 Å². The first-order valence-corrected chi connectivity index (χ1v) is 17.5. The fourth-order valence-corrected chi connectivity index (χ4v) is 7.14. The van der Waals surface area contributed by atoms with E-state index in [4.69, 9.17) is 9.97 Å². The Bertz CT molecular complexity index is 1870. The average molecular weight is 620 g/mol. The van der Waals surface area contributed by atoms with Gasteiger partial charge >= 0.3 is 0 Å². The lowest BCUT2D eigenvalue weighted by Crippen LogP contribution is -3.00. The van der Waals surface area contributed by atoms with Gasteiger partial charge in [0.2, 0.25) is 0 Å². The van der Waals surface area contributed by atoms with Crippen LogP contribution in [0.1, 0.15) is 79.1 Å². The molecule has 0 spiro atoms.